The average Bonchev–Trinajstić information content (AvgIpc) is 2.43. The molecular weight excluding hydrogens is 362 g/mol. The Kier molecular flexibility index (Phi) is 4.44. The highest BCUT2D eigenvalue weighted by Gasteiger charge is 2.15. The maximum Gasteiger partial charge on any atom is 0.292 e. The van der Waals surface area contributed by atoms with Crippen LogP contribution < -0.4 is 11.1 Å². The molecule has 0 aliphatic rings. The number of nitrogens with two attached hydrogens (primary N) is 1. The molecule has 3 N–H and O–H groups in total. The van der Waals surface area contributed by atoms with Crippen molar-refractivity contribution in [3.8, 4) is 0 Å². The first-order valence-electron chi connectivity index (χ1n) is 5.69. The van der Waals surface area contributed by atoms with Crippen LogP contribution in [0.15, 0.2) is 40.9 Å². The van der Waals surface area contributed by atoms with Crippen molar-refractivity contribution < 1.29 is 9.72 Å². The number of benzene rings is 2. The highest BCUT2D eigenvalue weighted by Crippen LogP contribution is 2.30. The van der Waals surface area contributed by atoms with Gasteiger partial charge in [0.1, 0.15) is 5.69 Å². The lowest BCUT2D eigenvalue weighted by Crippen LogP contribution is -2.13. The van der Waals surface area contributed by atoms with E-state index in [0.29, 0.717) is 15.2 Å². The van der Waals surface area contributed by atoms with Gasteiger partial charge in [0.2, 0.25) is 0 Å². The molecule has 0 saturated heterocycles. The van der Waals surface area contributed by atoms with Gasteiger partial charge in [0.05, 0.1) is 20.1 Å². The Morgan fingerprint density at radius 2 is 2.05 bits per heavy atom. The Morgan fingerprint density at radius 1 is 1.33 bits per heavy atom. The van der Waals surface area contributed by atoms with Crippen molar-refractivity contribution in [2.75, 3.05) is 11.1 Å². The van der Waals surface area contributed by atoms with E-state index in [9.17, 15) is 14.9 Å². The van der Waals surface area contributed by atoms with Crippen LogP contribution in [0.1, 0.15) is 10.4 Å². The normalized spacial score (nSPS) is 10.2. The number of nitrogens with zero attached hydrogens (tertiary/aromatic N) is 1. The molecule has 21 heavy (non-hydrogen) atoms. The molecule has 0 saturated carbocycles. The van der Waals surface area contributed by atoms with Crippen LogP contribution in [0.4, 0.5) is 17.1 Å². The van der Waals surface area contributed by atoms with Gasteiger partial charge in [0.15, 0.2) is 0 Å². The summed E-state index contributed by atoms with van der Waals surface area (Å²) in [6, 6.07) is 8.81. The van der Waals surface area contributed by atoms with Gasteiger partial charge in [-0.05, 0) is 40.2 Å². The van der Waals surface area contributed by atoms with Crippen molar-refractivity contribution in [3.63, 3.8) is 0 Å². The predicted octanol–water partition coefficient (Wildman–Crippen LogP) is 3.85. The molecule has 2 rings (SSSR count). The molecule has 0 unspecified atom stereocenters. The summed E-state index contributed by atoms with van der Waals surface area (Å²) < 4.78 is 0.551. The summed E-state index contributed by atoms with van der Waals surface area (Å²) in [7, 11) is 0. The number of nitro groups is 1. The Hall–Kier alpha value is -2.12. The number of carbonyl (C=O) groups is 1. The van der Waals surface area contributed by atoms with Crippen molar-refractivity contribution in [1.29, 1.82) is 0 Å². The van der Waals surface area contributed by atoms with E-state index in [0.717, 1.165) is 0 Å². The maximum atomic E-state index is 12.1. The lowest BCUT2D eigenvalue weighted by atomic mass is 10.1. The number of nitro benzene ring substituents is 1. The lowest BCUT2D eigenvalue weighted by molar-refractivity contribution is -0.383. The highest BCUT2D eigenvalue weighted by molar-refractivity contribution is 9.10. The molecule has 8 heteroatoms. The minimum atomic E-state index is -0.607. The Morgan fingerprint density at radius 3 is 2.67 bits per heavy atom. The molecule has 2 aromatic carbocycles. The maximum absolute atomic E-state index is 12.1. The number of nitrogen functional groups attached to an aromatic ring is 1. The monoisotopic (exact) mass is 369 g/mol. The second-order valence-corrected chi connectivity index (χ2v) is 5.29. The van der Waals surface area contributed by atoms with Gasteiger partial charge in [-0.3, -0.25) is 14.9 Å². The van der Waals surface area contributed by atoms with Crippen LogP contribution in [-0.4, -0.2) is 10.8 Å². The fourth-order valence-corrected chi connectivity index (χ4v) is 2.19. The van der Waals surface area contributed by atoms with E-state index in [-0.39, 0.29) is 16.9 Å². The van der Waals surface area contributed by atoms with E-state index in [1.165, 1.54) is 18.2 Å². The molecule has 2 aromatic rings. The smallest absolute Gasteiger partial charge is 0.292 e. The van der Waals surface area contributed by atoms with Crippen LogP contribution in [-0.2, 0) is 0 Å². The van der Waals surface area contributed by atoms with E-state index >= 15 is 0 Å². The molecular formula is C13H9BrClN3O3. The van der Waals surface area contributed by atoms with Crippen molar-refractivity contribution in [1.82, 2.24) is 0 Å². The van der Waals surface area contributed by atoms with E-state index in [2.05, 4.69) is 21.2 Å². The van der Waals surface area contributed by atoms with E-state index in [1.807, 2.05) is 0 Å². The number of anilines is 2. The van der Waals surface area contributed by atoms with Crippen LogP contribution >= 0.6 is 27.5 Å². The molecule has 0 fully saturated rings. The van der Waals surface area contributed by atoms with Gasteiger partial charge >= 0.3 is 0 Å². The van der Waals surface area contributed by atoms with Gasteiger partial charge in [-0.1, -0.05) is 17.7 Å². The summed E-state index contributed by atoms with van der Waals surface area (Å²) in [4.78, 5) is 22.2. The Balaban J connectivity index is 2.27. The minimum absolute atomic E-state index is 0.0715. The third-order valence-electron chi connectivity index (χ3n) is 2.69. The predicted molar refractivity (Wildman–Crippen MR) is 84.6 cm³/mol. The van der Waals surface area contributed by atoms with Crippen LogP contribution in [0.25, 0.3) is 0 Å². The lowest BCUT2D eigenvalue weighted by Gasteiger charge is -2.09. The molecule has 0 atom stereocenters. The number of rotatable bonds is 3. The molecule has 0 aliphatic heterocycles. The first-order valence-corrected chi connectivity index (χ1v) is 6.86. The number of amides is 1. The fourth-order valence-electron chi connectivity index (χ4n) is 1.66. The Bertz CT molecular complexity index is 737. The van der Waals surface area contributed by atoms with Crippen molar-refractivity contribution in [2.24, 2.45) is 0 Å². The largest absolute Gasteiger partial charge is 0.393 e. The quantitative estimate of drug-likeness (QED) is 0.487. The number of halogens is 2. The second kappa shape index (κ2) is 6.11. The van der Waals surface area contributed by atoms with Gasteiger partial charge in [-0.15, -0.1) is 0 Å². The minimum Gasteiger partial charge on any atom is -0.393 e. The van der Waals surface area contributed by atoms with E-state index < -0.39 is 10.8 Å². The third-order valence-corrected chi connectivity index (χ3v) is 4.08. The number of carbonyl (C=O) groups excluding carboxylic acids is 1. The van der Waals surface area contributed by atoms with Crippen molar-refractivity contribution in [3.05, 3.63) is 61.6 Å². The van der Waals surface area contributed by atoms with Crippen molar-refractivity contribution >= 4 is 50.5 Å². The van der Waals surface area contributed by atoms with Crippen LogP contribution in [0.5, 0.6) is 0 Å². The second-order valence-electron chi connectivity index (χ2n) is 4.09. The average molecular weight is 371 g/mol. The summed E-state index contributed by atoms with van der Waals surface area (Å²) in [5.74, 6) is -0.445. The topological polar surface area (TPSA) is 98.3 Å². The zero-order valence-corrected chi connectivity index (χ0v) is 12.8. The molecule has 108 valence electrons. The molecule has 0 spiro atoms. The van der Waals surface area contributed by atoms with E-state index in [4.69, 9.17) is 17.3 Å². The number of nitrogens with one attached hydrogen (secondary N) is 1. The zero-order valence-electron chi connectivity index (χ0n) is 10.5. The SMILES string of the molecule is Nc1cc(C(=O)Nc2cccc(Cl)c2Br)ccc1[N+](=O)[O-]. The van der Waals surface area contributed by atoms with E-state index in [1.54, 1.807) is 18.2 Å². The van der Waals surface area contributed by atoms with Gasteiger partial charge in [0.25, 0.3) is 11.6 Å². The summed E-state index contributed by atoms with van der Waals surface area (Å²) in [5, 5.41) is 13.8. The van der Waals surface area contributed by atoms with Gasteiger partial charge in [-0.25, -0.2) is 0 Å². The zero-order chi connectivity index (χ0) is 15.6. The first-order chi connectivity index (χ1) is 9.90. The van der Waals surface area contributed by atoms with Crippen LogP contribution in [0, 0.1) is 10.1 Å². The summed E-state index contributed by atoms with van der Waals surface area (Å²) >= 11 is 9.20. The Labute approximate surface area is 133 Å². The van der Waals surface area contributed by atoms with Crippen LogP contribution in [0.3, 0.4) is 0 Å². The molecule has 0 aliphatic carbocycles. The molecule has 6 nitrogen and oxygen atoms in total. The summed E-state index contributed by atoms with van der Waals surface area (Å²) in [5.41, 5.74) is 5.95. The molecule has 0 radical (unpaired) electrons. The summed E-state index contributed by atoms with van der Waals surface area (Å²) in [6.07, 6.45) is 0. The van der Waals surface area contributed by atoms with Crippen molar-refractivity contribution in [2.45, 2.75) is 0 Å². The molecule has 1 amide bonds. The highest BCUT2D eigenvalue weighted by atomic mass is 79.9. The molecule has 0 bridgehead atoms. The number of hydrogen-bond donors (Lipinski definition) is 2. The van der Waals surface area contributed by atoms with Gasteiger partial charge in [-0.2, -0.15) is 0 Å². The fraction of sp³-hybridized carbons (Fsp3) is 0. The van der Waals surface area contributed by atoms with Gasteiger partial charge in [0, 0.05) is 11.6 Å². The molecule has 0 aromatic heterocycles. The van der Waals surface area contributed by atoms with Gasteiger partial charge < -0.3 is 11.1 Å². The standard InChI is InChI=1S/C13H9BrClN3O3/c14-12-8(15)2-1-3-10(12)17-13(19)7-4-5-11(18(20)21)9(16)6-7/h1-6H,16H2,(H,17,19). The summed E-state index contributed by atoms with van der Waals surface area (Å²) in [6.45, 7) is 0. The van der Waals surface area contributed by atoms with Crippen LogP contribution in [0.2, 0.25) is 5.02 Å². The number of hydrogen-bond acceptors (Lipinski definition) is 4. The third kappa shape index (κ3) is 3.32. The first kappa shape index (κ1) is 15.3. The molecule has 0 heterocycles.